The van der Waals surface area contributed by atoms with Crippen LogP contribution in [0.1, 0.15) is 45.6 Å². The second kappa shape index (κ2) is 16.2. The van der Waals surface area contributed by atoms with Crippen LogP contribution in [0.5, 0.6) is 5.75 Å². The molecule has 12 heteroatoms. The van der Waals surface area contributed by atoms with Gasteiger partial charge in [-0.25, -0.2) is 8.42 Å². The number of carbonyl (C=O) groups is 2. The summed E-state index contributed by atoms with van der Waals surface area (Å²) in [6.45, 7) is 5.65. The fourth-order valence-electron chi connectivity index (χ4n) is 4.45. The van der Waals surface area contributed by atoms with E-state index in [0.717, 1.165) is 17.1 Å². The first kappa shape index (κ1) is 34.5. The zero-order valence-corrected chi connectivity index (χ0v) is 27.4. The summed E-state index contributed by atoms with van der Waals surface area (Å²) in [4.78, 5) is 28.9. The van der Waals surface area contributed by atoms with Gasteiger partial charge < -0.3 is 15.0 Å². The summed E-state index contributed by atoms with van der Waals surface area (Å²) in [5.74, 6) is -0.657. The smallest absolute Gasteiger partial charge is 0.264 e. The summed E-state index contributed by atoms with van der Waals surface area (Å²) >= 11 is 18.6. The maximum Gasteiger partial charge on any atom is 0.264 e. The standard InChI is InChI=1S/C31H36Cl3N3O5S/c1-4-7-18-35-31(39)27(5-2)36(20-22-12-13-24(33)19-26(22)34)30(38)21-37(28-10-8-9-11-29(28)42-6-3)43(40,41)25-16-14-23(32)15-17-25/h8-17,19,27H,4-7,18,20-21H2,1-3H3,(H,35,39)/t27-/m1/s1. The Labute approximate surface area is 268 Å². The fourth-order valence-corrected chi connectivity index (χ4v) is 6.47. The molecule has 0 heterocycles. The van der Waals surface area contributed by atoms with Crippen molar-refractivity contribution in [3.63, 3.8) is 0 Å². The molecule has 3 aromatic rings. The topological polar surface area (TPSA) is 96.0 Å². The van der Waals surface area contributed by atoms with Crippen LogP contribution < -0.4 is 14.4 Å². The molecule has 0 radical (unpaired) electrons. The molecule has 43 heavy (non-hydrogen) atoms. The molecule has 0 saturated carbocycles. The van der Waals surface area contributed by atoms with E-state index < -0.39 is 28.5 Å². The lowest BCUT2D eigenvalue weighted by molar-refractivity contribution is -0.140. The van der Waals surface area contributed by atoms with Gasteiger partial charge in [-0.15, -0.1) is 0 Å². The van der Waals surface area contributed by atoms with Crippen molar-refractivity contribution in [3.8, 4) is 5.75 Å². The number of halogens is 3. The molecule has 0 unspecified atom stereocenters. The predicted octanol–water partition coefficient (Wildman–Crippen LogP) is 6.96. The van der Waals surface area contributed by atoms with Crippen LogP contribution in [0, 0.1) is 0 Å². The maximum atomic E-state index is 14.3. The molecule has 1 N–H and O–H groups in total. The first-order valence-corrected chi connectivity index (χ1v) is 16.6. The molecule has 0 aliphatic rings. The number of benzene rings is 3. The SMILES string of the molecule is CCCCNC(=O)[C@@H](CC)N(Cc1ccc(Cl)cc1Cl)C(=O)CN(c1ccccc1OCC)S(=O)(=O)c1ccc(Cl)cc1. The molecule has 0 aliphatic carbocycles. The summed E-state index contributed by atoms with van der Waals surface area (Å²) in [7, 11) is -4.29. The van der Waals surface area contributed by atoms with Crippen LogP contribution in [0.2, 0.25) is 15.1 Å². The Bertz CT molecular complexity index is 1500. The van der Waals surface area contributed by atoms with Gasteiger partial charge in [0.15, 0.2) is 0 Å². The Morgan fingerprint density at radius 2 is 1.60 bits per heavy atom. The van der Waals surface area contributed by atoms with Gasteiger partial charge in [-0.3, -0.25) is 13.9 Å². The number of hydrogen-bond acceptors (Lipinski definition) is 5. The van der Waals surface area contributed by atoms with E-state index in [0.29, 0.717) is 27.2 Å². The van der Waals surface area contributed by atoms with E-state index in [1.54, 1.807) is 56.3 Å². The lowest BCUT2D eigenvalue weighted by Crippen LogP contribution is -2.52. The zero-order chi connectivity index (χ0) is 31.6. The lowest BCUT2D eigenvalue weighted by atomic mass is 10.1. The van der Waals surface area contributed by atoms with Gasteiger partial charge in [0, 0.05) is 28.2 Å². The number of rotatable bonds is 15. The normalized spacial score (nSPS) is 12.0. The first-order chi connectivity index (χ1) is 20.5. The van der Waals surface area contributed by atoms with Gasteiger partial charge in [0.25, 0.3) is 10.0 Å². The highest BCUT2D eigenvalue weighted by atomic mass is 35.5. The van der Waals surface area contributed by atoms with Crippen molar-refractivity contribution in [2.45, 2.75) is 57.5 Å². The molecule has 3 aromatic carbocycles. The third kappa shape index (κ3) is 9.01. The number of anilines is 1. The van der Waals surface area contributed by atoms with Crippen LogP contribution in [0.15, 0.2) is 71.6 Å². The Hall–Kier alpha value is -2.98. The molecule has 0 fully saturated rings. The molecular weight excluding hydrogens is 633 g/mol. The zero-order valence-electron chi connectivity index (χ0n) is 24.4. The largest absolute Gasteiger partial charge is 0.492 e. The van der Waals surface area contributed by atoms with Crippen LogP contribution in [-0.2, 0) is 26.2 Å². The maximum absolute atomic E-state index is 14.3. The number of nitrogens with zero attached hydrogens (tertiary/aromatic N) is 2. The molecular formula is C31H36Cl3N3O5S. The molecule has 1 atom stereocenters. The monoisotopic (exact) mass is 667 g/mol. The van der Waals surface area contributed by atoms with Gasteiger partial charge in [0.05, 0.1) is 17.2 Å². The number of carbonyl (C=O) groups excluding carboxylic acids is 2. The third-order valence-corrected chi connectivity index (χ3v) is 9.30. The van der Waals surface area contributed by atoms with E-state index in [1.165, 1.54) is 29.2 Å². The minimum absolute atomic E-state index is 0.0452. The molecule has 3 rings (SSSR count). The Balaban J connectivity index is 2.11. The van der Waals surface area contributed by atoms with Gasteiger partial charge in [-0.05, 0) is 73.9 Å². The molecule has 0 spiro atoms. The van der Waals surface area contributed by atoms with Gasteiger partial charge in [-0.2, -0.15) is 0 Å². The lowest BCUT2D eigenvalue weighted by Gasteiger charge is -2.33. The molecule has 0 aromatic heterocycles. The highest BCUT2D eigenvalue weighted by Crippen LogP contribution is 2.33. The minimum atomic E-state index is -4.29. The number of hydrogen-bond donors (Lipinski definition) is 1. The minimum Gasteiger partial charge on any atom is -0.492 e. The van der Waals surface area contributed by atoms with Crippen molar-refractivity contribution in [1.82, 2.24) is 10.2 Å². The van der Waals surface area contributed by atoms with Crippen molar-refractivity contribution < 1.29 is 22.7 Å². The highest BCUT2D eigenvalue weighted by Gasteiger charge is 2.35. The van der Waals surface area contributed by atoms with Gasteiger partial charge in [0.2, 0.25) is 11.8 Å². The molecule has 2 amide bonds. The van der Waals surface area contributed by atoms with Gasteiger partial charge >= 0.3 is 0 Å². The van der Waals surface area contributed by atoms with Crippen molar-refractivity contribution in [2.24, 2.45) is 0 Å². The summed E-state index contributed by atoms with van der Waals surface area (Å²) in [5, 5.41) is 4.00. The number of para-hydroxylation sites is 2. The number of nitrogens with one attached hydrogen (secondary N) is 1. The van der Waals surface area contributed by atoms with Crippen molar-refractivity contribution in [2.75, 3.05) is 24.0 Å². The Morgan fingerprint density at radius 3 is 2.23 bits per heavy atom. The predicted molar refractivity (Wildman–Crippen MR) is 173 cm³/mol. The second-order valence-corrected chi connectivity index (χ2v) is 12.8. The van der Waals surface area contributed by atoms with Gasteiger partial charge in [0.1, 0.15) is 18.3 Å². The highest BCUT2D eigenvalue weighted by molar-refractivity contribution is 7.92. The van der Waals surface area contributed by atoms with Crippen LogP contribution in [0.4, 0.5) is 5.69 Å². The third-order valence-electron chi connectivity index (χ3n) is 6.69. The van der Waals surface area contributed by atoms with Crippen LogP contribution in [0.25, 0.3) is 0 Å². The molecule has 0 bridgehead atoms. The van der Waals surface area contributed by atoms with Crippen molar-refractivity contribution >= 4 is 62.3 Å². The molecule has 8 nitrogen and oxygen atoms in total. The van der Waals surface area contributed by atoms with E-state index in [4.69, 9.17) is 39.5 Å². The average Bonchev–Trinajstić information content (AvgIpc) is 2.97. The van der Waals surface area contributed by atoms with E-state index in [-0.39, 0.29) is 41.8 Å². The van der Waals surface area contributed by atoms with E-state index in [1.807, 2.05) is 6.92 Å². The van der Waals surface area contributed by atoms with Gasteiger partial charge in [-0.1, -0.05) is 73.3 Å². The molecule has 232 valence electrons. The summed E-state index contributed by atoms with van der Waals surface area (Å²) in [5.41, 5.74) is 0.735. The van der Waals surface area contributed by atoms with Crippen LogP contribution in [0.3, 0.4) is 0 Å². The van der Waals surface area contributed by atoms with E-state index in [9.17, 15) is 18.0 Å². The average molecular weight is 669 g/mol. The van der Waals surface area contributed by atoms with Crippen LogP contribution in [-0.4, -0.2) is 50.9 Å². The molecule has 0 saturated heterocycles. The first-order valence-electron chi connectivity index (χ1n) is 14.0. The van der Waals surface area contributed by atoms with Crippen LogP contribution >= 0.6 is 34.8 Å². The quantitative estimate of drug-likeness (QED) is 0.177. The van der Waals surface area contributed by atoms with Crippen molar-refractivity contribution in [1.29, 1.82) is 0 Å². The Morgan fingerprint density at radius 1 is 0.930 bits per heavy atom. The summed E-state index contributed by atoms with van der Waals surface area (Å²) in [6, 6.07) is 16.2. The van der Waals surface area contributed by atoms with E-state index in [2.05, 4.69) is 5.32 Å². The number of ether oxygens (including phenoxy) is 1. The number of sulfonamides is 1. The molecule has 0 aliphatic heterocycles. The second-order valence-electron chi connectivity index (χ2n) is 9.69. The fraction of sp³-hybridized carbons (Fsp3) is 0.355. The number of unbranched alkanes of at least 4 members (excludes halogenated alkanes) is 1. The number of amides is 2. The van der Waals surface area contributed by atoms with Crippen molar-refractivity contribution in [3.05, 3.63) is 87.4 Å². The summed E-state index contributed by atoms with van der Waals surface area (Å²) in [6.07, 6.45) is 1.95. The Kier molecular flexibility index (Phi) is 13.0. The summed E-state index contributed by atoms with van der Waals surface area (Å²) < 4.78 is 34.9. The van der Waals surface area contributed by atoms with E-state index >= 15 is 0 Å².